The van der Waals surface area contributed by atoms with Gasteiger partial charge in [-0.1, -0.05) is 36.4 Å². The van der Waals surface area contributed by atoms with E-state index in [2.05, 4.69) is 5.32 Å². The molecule has 0 radical (unpaired) electrons. The van der Waals surface area contributed by atoms with Gasteiger partial charge in [0.1, 0.15) is 6.04 Å². The van der Waals surface area contributed by atoms with Crippen molar-refractivity contribution in [2.75, 3.05) is 6.61 Å². The Bertz CT molecular complexity index is 843. The van der Waals surface area contributed by atoms with Crippen molar-refractivity contribution in [2.45, 2.75) is 57.7 Å². The molecule has 0 unspecified atom stereocenters. The number of carbonyl (C=O) groups excluding carboxylic acids is 3. The summed E-state index contributed by atoms with van der Waals surface area (Å²) >= 11 is 1.30. The van der Waals surface area contributed by atoms with Crippen LogP contribution in [0.3, 0.4) is 0 Å². The zero-order valence-corrected chi connectivity index (χ0v) is 18.2. The van der Waals surface area contributed by atoms with E-state index in [-0.39, 0.29) is 30.5 Å². The number of carbonyl (C=O) groups is 3. The Morgan fingerprint density at radius 1 is 1.10 bits per heavy atom. The number of likely N-dealkylation sites (tertiary alicyclic amines) is 1. The van der Waals surface area contributed by atoms with Crippen LogP contribution >= 0.6 is 11.3 Å². The molecule has 1 aromatic carbocycles. The third kappa shape index (κ3) is 5.69. The van der Waals surface area contributed by atoms with Gasteiger partial charge in [0.05, 0.1) is 4.88 Å². The number of thiophene rings is 1. The largest absolute Gasteiger partial charge is 0.454 e. The number of ether oxygens (including phenoxy) is 1. The standard InChI is InChI=1S/C23H28N2O4S/c1-16-8-6-9-17(2)25(16)21(26)15-29-23(28)19(14-18-10-4-3-5-11-18)24-22(27)20-12-7-13-30-20/h3-5,7,10-13,16-17,19H,6,8-9,14-15H2,1-2H3,(H,24,27)/t16-,17-,19+/m1/s1. The fourth-order valence-corrected chi connectivity index (χ4v) is 4.53. The molecule has 2 aromatic rings. The van der Waals surface area contributed by atoms with E-state index in [0.717, 1.165) is 24.8 Å². The van der Waals surface area contributed by atoms with Crippen molar-refractivity contribution in [3.8, 4) is 0 Å². The van der Waals surface area contributed by atoms with Crippen LogP contribution in [-0.4, -0.2) is 47.4 Å². The first-order chi connectivity index (χ1) is 14.5. The summed E-state index contributed by atoms with van der Waals surface area (Å²) in [4.78, 5) is 40.3. The Labute approximate surface area is 181 Å². The molecule has 1 aliphatic heterocycles. The molecule has 6 nitrogen and oxygen atoms in total. The zero-order chi connectivity index (χ0) is 21.5. The molecule has 2 heterocycles. The number of benzene rings is 1. The van der Waals surface area contributed by atoms with Gasteiger partial charge in [-0.15, -0.1) is 11.3 Å². The smallest absolute Gasteiger partial charge is 0.329 e. The molecule has 0 spiro atoms. The Balaban J connectivity index is 1.65. The van der Waals surface area contributed by atoms with Gasteiger partial charge in [-0.05, 0) is 50.1 Å². The Hall–Kier alpha value is -2.67. The van der Waals surface area contributed by atoms with Gasteiger partial charge in [-0.3, -0.25) is 9.59 Å². The average molecular weight is 429 g/mol. The van der Waals surface area contributed by atoms with E-state index in [1.807, 2.05) is 49.1 Å². The van der Waals surface area contributed by atoms with E-state index < -0.39 is 12.0 Å². The van der Waals surface area contributed by atoms with Crippen molar-refractivity contribution in [1.29, 1.82) is 0 Å². The number of nitrogens with zero attached hydrogens (tertiary/aromatic N) is 1. The first-order valence-corrected chi connectivity index (χ1v) is 11.2. The first-order valence-electron chi connectivity index (χ1n) is 10.3. The van der Waals surface area contributed by atoms with Crippen LogP contribution in [0.25, 0.3) is 0 Å². The zero-order valence-electron chi connectivity index (χ0n) is 17.4. The van der Waals surface area contributed by atoms with Crippen molar-refractivity contribution in [3.63, 3.8) is 0 Å². The van der Waals surface area contributed by atoms with Gasteiger partial charge in [-0.25, -0.2) is 4.79 Å². The maximum Gasteiger partial charge on any atom is 0.329 e. The van der Waals surface area contributed by atoms with Crippen LogP contribution in [0.15, 0.2) is 47.8 Å². The third-order valence-electron chi connectivity index (χ3n) is 5.44. The van der Waals surface area contributed by atoms with E-state index in [0.29, 0.717) is 11.3 Å². The van der Waals surface area contributed by atoms with Gasteiger partial charge >= 0.3 is 5.97 Å². The Morgan fingerprint density at radius 3 is 2.43 bits per heavy atom. The highest BCUT2D eigenvalue weighted by atomic mass is 32.1. The summed E-state index contributed by atoms with van der Waals surface area (Å²) in [5.74, 6) is -1.12. The molecule has 0 saturated carbocycles. The fourth-order valence-electron chi connectivity index (χ4n) is 3.90. The molecule has 1 fully saturated rings. The summed E-state index contributed by atoms with van der Waals surface area (Å²) in [6.07, 6.45) is 3.30. The molecule has 160 valence electrons. The molecule has 1 N–H and O–H groups in total. The van der Waals surface area contributed by atoms with Crippen LogP contribution in [0.5, 0.6) is 0 Å². The summed E-state index contributed by atoms with van der Waals surface area (Å²) in [5.41, 5.74) is 0.899. The normalized spacial score (nSPS) is 19.7. The van der Waals surface area contributed by atoms with Crippen molar-refractivity contribution in [3.05, 3.63) is 58.3 Å². The molecule has 3 atom stereocenters. The maximum absolute atomic E-state index is 12.8. The van der Waals surface area contributed by atoms with Gasteiger partial charge in [0.2, 0.25) is 0 Å². The minimum atomic E-state index is -0.869. The lowest BCUT2D eigenvalue weighted by Crippen LogP contribution is -2.50. The second-order valence-electron chi connectivity index (χ2n) is 7.73. The number of esters is 1. The summed E-state index contributed by atoms with van der Waals surface area (Å²) in [6.45, 7) is 3.73. The molecule has 1 aliphatic rings. The number of piperidine rings is 1. The SMILES string of the molecule is C[C@@H]1CCC[C@@H](C)N1C(=O)COC(=O)[C@H](Cc1ccccc1)NC(=O)c1cccs1. The average Bonchev–Trinajstić information content (AvgIpc) is 3.27. The summed E-state index contributed by atoms with van der Waals surface area (Å²) < 4.78 is 5.36. The van der Waals surface area contributed by atoms with E-state index in [1.54, 1.807) is 17.5 Å². The Kier molecular flexibility index (Phi) is 7.63. The van der Waals surface area contributed by atoms with Crippen LogP contribution in [0.1, 0.15) is 48.3 Å². The molecular weight excluding hydrogens is 400 g/mol. The molecule has 1 aromatic heterocycles. The van der Waals surface area contributed by atoms with Crippen LogP contribution in [0.2, 0.25) is 0 Å². The predicted octanol–water partition coefficient (Wildman–Crippen LogP) is 3.42. The first kappa shape index (κ1) is 22.0. The minimum absolute atomic E-state index is 0.138. The molecule has 1 saturated heterocycles. The lowest BCUT2D eigenvalue weighted by atomic mass is 9.97. The monoisotopic (exact) mass is 428 g/mol. The van der Waals surface area contributed by atoms with Gasteiger partial charge < -0.3 is 15.0 Å². The number of hydrogen-bond donors (Lipinski definition) is 1. The predicted molar refractivity (Wildman–Crippen MR) is 116 cm³/mol. The molecule has 30 heavy (non-hydrogen) atoms. The highest BCUT2D eigenvalue weighted by molar-refractivity contribution is 7.12. The third-order valence-corrected chi connectivity index (χ3v) is 6.31. The number of rotatable bonds is 7. The van der Waals surface area contributed by atoms with Gasteiger partial charge in [0, 0.05) is 18.5 Å². The second kappa shape index (κ2) is 10.4. The molecule has 3 rings (SSSR count). The van der Waals surface area contributed by atoms with Crippen molar-refractivity contribution in [2.24, 2.45) is 0 Å². The molecule has 7 heteroatoms. The van der Waals surface area contributed by atoms with E-state index in [1.165, 1.54) is 11.3 Å². The van der Waals surface area contributed by atoms with Gasteiger partial charge in [0.25, 0.3) is 11.8 Å². The highest BCUT2D eigenvalue weighted by Gasteiger charge is 2.30. The summed E-state index contributed by atoms with van der Waals surface area (Å²) in [7, 11) is 0. The minimum Gasteiger partial charge on any atom is -0.454 e. The van der Waals surface area contributed by atoms with E-state index in [9.17, 15) is 14.4 Å². The Morgan fingerprint density at radius 2 is 1.80 bits per heavy atom. The molecule has 2 amide bonds. The van der Waals surface area contributed by atoms with Crippen molar-refractivity contribution >= 4 is 29.1 Å². The van der Waals surface area contributed by atoms with Crippen molar-refractivity contribution < 1.29 is 19.1 Å². The topological polar surface area (TPSA) is 75.7 Å². The quantitative estimate of drug-likeness (QED) is 0.686. The lowest BCUT2D eigenvalue weighted by Gasteiger charge is -2.38. The van der Waals surface area contributed by atoms with Crippen molar-refractivity contribution in [1.82, 2.24) is 10.2 Å². The molecule has 0 bridgehead atoms. The van der Waals surface area contributed by atoms with Crippen LogP contribution in [0, 0.1) is 0 Å². The molecular formula is C23H28N2O4S. The maximum atomic E-state index is 12.8. The van der Waals surface area contributed by atoms with Gasteiger partial charge in [-0.2, -0.15) is 0 Å². The van der Waals surface area contributed by atoms with E-state index in [4.69, 9.17) is 4.74 Å². The fraction of sp³-hybridized carbons (Fsp3) is 0.435. The lowest BCUT2D eigenvalue weighted by molar-refractivity contribution is -0.156. The van der Waals surface area contributed by atoms with Crippen LogP contribution in [-0.2, 0) is 20.7 Å². The van der Waals surface area contributed by atoms with E-state index >= 15 is 0 Å². The van der Waals surface area contributed by atoms with Crippen LogP contribution < -0.4 is 5.32 Å². The second-order valence-corrected chi connectivity index (χ2v) is 8.68. The number of hydrogen-bond acceptors (Lipinski definition) is 5. The molecule has 0 aliphatic carbocycles. The van der Waals surface area contributed by atoms with Crippen LogP contribution in [0.4, 0.5) is 0 Å². The van der Waals surface area contributed by atoms with Gasteiger partial charge in [0.15, 0.2) is 6.61 Å². The number of amides is 2. The summed E-state index contributed by atoms with van der Waals surface area (Å²) in [5, 5.41) is 4.57. The highest BCUT2D eigenvalue weighted by Crippen LogP contribution is 2.22. The number of nitrogens with one attached hydrogen (secondary N) is 1. The summed E-state index contributed by atoms with van der Waals surface area (Å²) in [6, 6.07) is 12.3.